The van der Waals surface area contributed by atoms with Crippen LogP contribution >= 0.6 is 0 Å². The Balaban J connectivity index is 1.48. The lowest BCUT2D eigenvalue weighted by atomic mass is 10.1. The minimum Gasteiger partial charge on any atom is -0.483 e. The van der Waals surface area contributed by atoms with Crippen LogP contribution in [0.1, 0.15) is 48.7 Å². The van der Waals surface area contributed by atoms with E-state index in [1.54, 1.807) is 12.1 Å². The summed E-state index contributed by atoms with van der Waals surface area (Å²) in [4.78, 5) is 83.2. The number of rotatable bonds is 12. The molecule has 15 nitrogen and oxygen atoms in total. The van der Waals surface area contributed by atoms with Crippen molar-refractivity contribution in [2.75, 3.05) is 52.5 Å². The first-order chi connectivity index (χ1) is 21.6. The first kappa shape index (κ1) is 33.0. The first-order valence-electron chi connectivity index (χ1n) is 14.8. The lowest BCUT2D eigenvalue weighted by Crippen LogP contribution is -2.56. The normalized spacial score (nSPS) is 15.4. The Hall–Kier alpha value is -4.95. The number of nitrogens with one attached hydrogen (secondary N) is 1. The van der Waals surface area contributed by atoms with E-state index in [0.717, 1.165) is 23.3 Å². The summed E-state index contributed by atoms with van der Waals surface area (Å²) >= 11 is 0. The zero-order valence-corrected chi connectivity index (χ0v) is 25.3. The molecule has 0 spiro atoms. The highest BCUT2D eigenvalue weighted by molar-refractivity contribution is 6.00. The summed E-state index contributed by atoms with van der Waals surface area (Å²) in [6.07, 6.45) is -0.122. The minimum atomic E-state index is -1.18. The van der Waals surface area contributed by atoms with Crippen molar-refractivity contribution in [2.24, 2.45) is 0 Å². The molecular weight excluding hydrogens is 590 g/mol. The monoisotopic (exact) mass is 627 g/mol. The van der Waals surface area contributed by atoms with Crippen LogP contribution in [-0.4, -0.2) is 119 Å². The molecule has 1 atom stereocenters. The number of ether oxygens (including phenoxy) is 3. The second-order valence-corrected chi connectivity index (χ2v) is 10.7. The molecule has 45 heavy (non-hydrogen) atoms. The number of hydrogen-bond donors (Lipinski definition) is 2. The Morgan fingerprint density at radius 1 is 1.07 bits per heavy atom. The van der Waals surface area contributed by atoms with Gasteiger partial charge in [-0.05, 0) is 37.5 Å². The van der Waals surface area contributed by atoms with E-state index in [9.17, 15) is 33.9 Å². The molecule has 0 radical (unpaired) electrons. The minimum absolute atomic E-state index is 0.0927. The Morgan fingerprint density at radius 2 is 1.80 bits per heavy atom. The lowest BCUT2D eigenvalue weighted by Gasteiger charge is -2.36. The van der Waals surface area contributed by atoms with Gasteiger partial charge in [0.25, 0.3) is 11.8 Å². The summed E-state index contributed by atoms with van der Waals surface area (Å²) in [5.41, 5.74) is 1.11. The van der Waals surface area contributed by atoms with Crippen LogP contribution in [0.25, 0.3) is 10.9 Å². The van der Waals surface area contributed by atoms with E-state index in [4.69, 9.17) is 14.2 Å². The van der Waals surface area contributed by atoms with E-state index in [1.165, 1.54) is 15.9 Å². The Kier molecular flexibility index (Phi) is 11.1. The molecule has 2 aliphatic heterocycles. The predicted molar refractivity (Wildman–Crippen MR) is 158 cm³/mol. The molecule has 2 N–H and O–H groups in total. The van der Waals surface area contributed by atoms with Crippen LogP contribution in [0, 0.1) is 6.92 Å². The molecule has 4 rings (SSSR count). The molecule has 2 fully saturated rings. The topological polar surface area (TPSA) is 185 Å². The summed E-state index contributed by atoms with van der Waals surface area (Å²) in [6, 6.07) is 5.39. The molecule has 1 aromatic carbocycles. The van der Waals surface area contributed by atoms with Crippen LogP contribution in [-0.2, 0) is 23.9 Å². The molecule has 1 unspecified atom stereocenters. The lowest BCUT2D eigenvalue weighted by molar-refractivity contribution is -0.138. The number of carboxylic acids is 1. The maximum atomic E-state index is 13.5. The second kappa shape index (κ2) is 15.2. The van der Waals surface area contributed by atoms with Crippen molar-refractivity contribution >= 4 is 46.8 Å². The van der Waals surface area contributed by atoms with Gasteiger partial charge in [0.2, 0.25) is 5.91 Å². The zero-order chi connectivity index (χ0) is 32.5. The van der Waals surface area contributed by atoms with Crippen LogP contribution in [0.3, 0.4) is 0 Å². The van der Waals surface area contributed by atoms with E-state index in [2.05, 4.69) is 10.3 Å². The average Bonchev–Trinajstić information content (AvgIpc) is 3.46. The number of carbonyl (C=O) groups is 6. The van der Waals surface area contributed by atoms with Crippen molar-refractivity contribution < 1.29 is 48.1 Å². The van der Waals surface area contributed by atoms with E-state index in [1.807, 2.05) is 19.9 Å². The van der Waals surface area contributed by atoms with Gasteiger partial charge in [0.15, 0.2) is 6.61 Å². The predicted octanol–water partition coefficient (Wildman–Crippen LogP) is 1.94. The number of benzene rings is 1. The number of unbranched alkanes of at least 4 members (excludes halogenated alkanes) is 1. The number of amides is 5. The molecule has 3 heterocycles. The quantitative estimate of drug-likeness (QED) is 0.328. The largest absolute Gasteiger partial charge is 0.483 e. The highest BCUT2D eigenvalue weighted by Gasteiger charge is 2.32. The number of piperazine rings is 1. The fourth-order valence-corrected chi connectivity index (χ4v) is 4.86. The number of imide groups is 1. The number of cyclic esters (lactones) is 1. The summed E-state index contributed by atoms with van der Waals surface area (Å²) < 4.78 is 15.8. The van der Waals surface area contributed by atoms with Gasteiger partial charge in [-0.3, -0.25) is 19.2 Å². The number of nitrogens with zero attached hydrogens (tertiary/aromatic N) is 4. The Morgan fingerprint density at radius 3 is 2.47 bits per heavy atom. The van der Waals surface area contributed by atoms with Gasteiger partial charge in [-0.25, -0.2) is 19.5 Å². The molecule has 0 saturated carbocycles. The SMILES string of the molecule is CCCCOC(=O)N1CCN(C(=O)C(CCC(=O)O)NC(=O)c2cc(OCC(=O)N3CCOC3=O)c3ccc(C)cc3n2)CC1. The first-order valence-corrected chi connectivity index (χ1v) is 14.8. The molecule has 2 saturated heterocycles. The van der Waals surface area contributed by atoms with Gasteiger partial charge in [0.05, 0.1) is 18.7 Å². The molecule has 2 aliphatic rings. The molecule has 2 aromatic rings. The highest BCUT2D eigenvalue weighted by atomic mass is 16.6. The van der Waals surface area contributed by atoms with E-state index < -0.39 is 48.5 Å². The van der Waals surface area contributed by atoms with Crippen molar-refractivity contribution in [2.45, 2.75) is 45.6 Å². The van der Waals surface area contributed by atoms with Gasteiger partial charge in [-0.2, -0.15) is 0 Å². The molecule has 1 aromatic heterocycles. The van der Waals surface area contributed by atoms with E-state index >= 15 is 0 Å². The van der Waals surface area contributed by atoms with Gasteiger partial charge < -0.3 is 34.4 Å². The van der Waals surface area contributed by atoms with Crippen LogP contribution in [0.2, 0.25) is 0 Å². The molecule has 15 heteroatoms. The third kappa shape index (κ3) is 8.58. The fraction of sp³-hybridized carbons (Fsp3) is 0.500. The molecular formula is C30H37N5O10. The molecule has 0 bridgehead atoms. The smallest absolute Gasteiger partial charge is 0.416 e. The maximum absolute atomic E-state index is 13.5. The van der Waals surface area contributed by atoms with Crippen molar-refractivity contribution in [3.05, 3.63) is 35.5 Å². The fourth-order valence-electron chi connectivity index (χ4n) is 4.86. The van der Waals surface area contributed by atoms with Gasteiger partial charge in [-0.15, -0.1) is 0 Å². The van der Waals surface area contributed by atoms with Crippen molar-refractivity contribution in [1.82, 2.24) is 25.0 Å². The maximum Gasteiger partial charge on any atom is 0.416 e. The number of aryl methyl sites for hydroxylation is 1. The third-order valence-corrected chi connectivity index (χ3v) is 7.40. The summed E-state index contributed by atoms with van der Waals surface area (Å²) in [6.45, 7) is 4.67. The van der Waals surface area contributed by atoms with Gasteiger partial charge in [0, 0.05) is 44.1 Å². The number of pyridine rings is 1. The zero-order valence-electron chi connectivity index (χ0n) is 25.3. The summed E-state index contributed by atoms with van der Waals surface area (Å²) in [7, 11) is 0. The van der Waals surface area contributed by atoms with Crippen molar-refractivity contribution in [3.8, 4) is 5.75 Å². The Labute approximate surface area is 259 Å². The number of aromatic nitrogens is 1. The van der Waals surface area contributed by atoms with Crippen LogP contribution < -0.4 is 10.1 Å². The molecule has 242 valence electrons. The standard InChI is InChI=1S/C30H37N5O10/c1-3-4-14-43-29(41)34-11-9-33(10-12-34)28(40)21(7-8-26(37)38)32-27(39)23-17-24(20-6-5-19(2)16-22(20)31-23)45-18-25(36)35-13-15-44-30(35)42/h5-6,16-17,21H,3-4,7-15,18H2,1-2H3,(H,32,39)(H,37,38). The number of aliphatic carboxylic acids is 1. The average molecular weight is 628 g/mol. The number of carbonyl (C=O) groups excluding carboxylic acids is 5. The highest BCUT2D eigenvalue weighted by Crippen LogP contribution is 2.27. The van der Waals surface area contributed by atoms with Crippen LogP contribution in [0.4, 0.5) is 9.59 Å². The number of carboxylic acid groups (broad SMARTS) is 1. The third-order valence-electron chi connectivity index (χ3n) is 7.40. The van der Waals surface area contributed by atoms with Crippen LogP contribution in [0.5, 0.6) is 5.75 Å². The van der Waals surface area contributed by atoms with Crippen LogP contribution in [0.15, 0.2) is 24.3 Å². The molecule has 0 aliphatic carbocycles. The van der Waals surface area contributed by atoms with Gasteiger partial charge >= 0.3 is 18.2 Å². The molecule has 5 amide bonds. The Bertz CT molecular complexity index is 1460. The van der Waals surface area contributed by atoms with Crippen molar-refractivity contribution in [3.63, 3.8) is 0 Å². The number of hydrogen-bond acceptors (Lipinski definition) is 10. The number of fused-ring (bicyclic) bond motifs is 1. The summed E-state index contributed by atoms with van der Waals surface area (Å²) in [5.74, 6) is -2.83. The van der Waals surface area contributed by atoms with E-state index in [0.29, 0.717) is 17.5 Å². The summed E-state index contributed by atoms with van der Waals surface area (Å²) in [5, 5.41) is 12.4. The van der Waals surface area contributed by atoms with E-state index in [-0.39, 0.29) is 63.6 Å². The second-order valence-electron chi connectivity index (χ2n) is 10.7. The van der Waals surface area contributed by atoms with Gasteiger partial charge in [-0.1, -0.05) is 19.4 Å². The van der Waals surface area contributed by atoms with Crippen molar-refractivity contribution in [1.29, 1.82) is 0 Å². The van der Waals surface area contributed by atoms with Gasteiger partial charge in [0.1, 0.15) is 24.1 Å².